The molecule has 0 bridgehead atoms. The summed E-state index contributed by atoms with van der Waals surface area (Å²) in [7, 11) is 0. The molecule has 1 amide bonds. The summed E-state index contributed by atoms with van der Waals surface area (Å²) >= 11 is 6.33. The Kier molecular flexibility index (Phi) is 7.61. The molecule has 176 valence electrons. The van der Waals surface area contributed by atoms with Gasteiger partial charge in [0.1, 0.15) is 0 Å². The van der Waals surface area contributed by atoms with Crippen molar-refractivity contribution in [1.29, 1.82) is 5.26 Å². The summed E-state index contributed by atoms with van der Waals surface area (Å²) in [4.78, 5) is 29.0. The van der Waals surface area contributed by atoms with Crippen LogP contribution in [0, 0.1) is 11.3 Å². The molecule has 1 heterocycles. The van der Waals surface area contributed by atoms with Crippen LogP contribution in [-0.2, 0) is 6.42 Å². The fourth-order valence-corrected chi connectivity index (χ4v) is 4.34. The van der Waals surface area contributed by atoms with E-state index in [1.165, 1.54) is 0 Å². The zero-order valence-electron chi connectivity index (χ0n) is 19.3. The highest BCUT2D eigenvalue weighted by Gasteiger charge is 2.24. The van der Waals surface area contributed by atoms with Crippen molar-refractivity contribution in [3.05, 3.63) is 106 Å². The Hall–Kier alpha value is -3.92. The number of nitrogens with one attached hydrogen (secondary N) is 3. The monoisotopic (exact) mass is 484 g/mol. The number of aromatic nitrogens is 1. The molecule has 7 heteroatoms. The van der Waals surface area contributed by atoms with Crippen LogP contribution in [0.15, 0.2) is 72.9 Å². The second-order valence-corrected chi connectivity index (χ2v) is 8.56. The molecule has 3 aromatic carbocycles. The quantitative estimate of drug-likeness (QED) is 0.284. The number of fused-ring (bicyclic) bond motifs is 1. The lowest BCUT2D eigenvalue weighted by molar-refractivity contribution is 0.0941. The average Bonchev–Trinajstić information content (AvgIpc) is 3.31. The average molecular weight is 485 g/mol. The predicted molar refractivity (Wildman–Crippen MR) is 138 cm³/mol. The van der Waals surface area contributed by atoms with E-state index >= 15 is 0 Å². The number of ketones is 1. The molecular formula is C28H25ClN4O2. The third-order valence-electron chi connectivity index (χ3n) is 5.87. The van der Waals surface area contributed by atoms with Crippen molar-refractivity contribution < 1.29 is 9.59 Å². The first-order valence-electron chi connectivity index (χ1n) is 11.4. The molecule has 0 radical (unpaired) electrons. The van der Waals surface area contributed by atoms with Gasteiger partial charge in [-0.05, 0) is 48.7 Å². The van der Waals surface area contributed by atoms with Gasteiger partial charge in [-0.25, -0.2) is 0 Å². The first-order valence-corrected chi connectivity index (χ1v) is 11.8. The molecule has 1 aromatic heterocycles. The number of H-pyrrole nitrogens is 1. The van der Waals surface area contributed by atoms with Gasteiger partial charge < -0.3 is 15.6 Å². The number of hydrogen-bond donors (Lipinski definition) is 3. The number of hydrogen-bond acceptors (Lipinski definition) is 4. The largest absolute Gasteiger partial charge is 0.360 e. The summed E-state index contributed by atoms with van der Waals surface area (Å²) in [6.07, 6.45) is 2.30. The number of Topliss-reactive ketones (excluding diaryl/α,β-unsaturated/α-hetero) is 1. The summed E-state index contributed by atoms with van der Waals surface area (Å²) in [5, 5.41) is 16.5. The molecule has 0 fully saturated rings. The van der Waals surface area contributed by atoms with Crippen LogP contribution in [0.4, 0.5) is 0 Å². The lowest BCUT2D eigenvalue weighted by atomic mass is 9.96. The molecule has 0 aliphatic heterocycles. The lowest BCUT2D eigenvalue weighted by Crippen LogP contribution is -2.30. The van der Waals surface area contributed by atoms with Crippen molar-refractivity contribution in [3.63, 3.8) is 0 Å². The maximum atomic E-state index is 13.7. The molecule has 0 saturated carbocycles. The van der Waals surface area contributed by atoms with Crippen LogP contribution in [0.3, 0.4) is 0 Å². The number of carbonyl (C=O) groups is 2. The van der Waals surface area contributed by atoms with Crippen molar-refractivity contribution in [2.75, 3.05) is 13.1 Å². The fraction of sp³-hybridized carbons (Fsp3) is 0.179. The molecule has 3 N–H and O–H groups in total. The van der Waals surface area contributed by atoms with E-state index in [0.717, 1.165) is 22.0 Å². The standard InChI is InChI=1S/C28H25ClN4O2/c1-2-31-28(35)21-10-11-22-23(17-33-25(22)15-21)27(34)26(20-6-4-3-5-7-20)32-13-12-19-9-8-18(16-30)14-24(19)29/h3-11,14-15,17,26,32-33H,2,12-13H2,1H3,(H,31,35). The van der Waals surface area contributed by atoms with Crippen LogP contribution < -0.4 is 10.6 Å². The number of rotatable bonds is 9. The van der Waals surface area contributed by atoms with E-state index in [0.29, 0.717) is 41.2 Å². The molecule has 4 aromatic rings. The Morgan fingerprint density at radius 3 is 2.60 bits per heavy atom. The first kappa shape index (κ1) is 24.2. The molecule has 0 aliphatic carbocycles. The van der Waals surface area contributed by atoms with Gasteiger partial charge >= 0.3 is 0 Å². The van der Waals surface area contributed by atoms with Gasteiger partial charge in [-0.15, -0.1) is 0 Å². The van der Waals surface area contributed by atoms with E-state index < -0.39 is 6.04 Å². The van der Waals surface area contributed by atoms with Crippen LogP contribution in [0.2, 0.25) is 5.02 Å². The van der Waals surface area contributed by atoms with E-state index in [1.807, 2.05) is 49.4 Å². The maximum absolute atomic E-state index is 13.7. The van der Waals surface area contributed by atoms with E-state index in [-0.39, 0.29) is 11.7 Å². The van der Waals surface area contributed by atoms with Crippen LogP contribution in [0.5, 0.6) is 0 Å². The topological polar surface area (TPSA) is 97.8 Å². The lowest BCUT2D eigenvalue weighted by Gasteiger charge is -2.18. The van der Waals surface area contributed by atoms with Gasteiger partial charge in [0.2, 0.25) is 0 Å². The number of aromatic amines is 1. The molecule has 35 heavy (non-hydrogen) atoms. The molecule has 6 nitrogen and oxygen atoms in total. The molecule has 0 aliphatic rings. The Morgan fingerprint density at radius 2 is 1.89 bits per heavy atom. The van der Waals surface area contributed by atoms with Crippen LogP contribution in [0.1, 0.15) is 50.4 Å². The summed E-state index contributed by atoms with van der Waals surface area (Å²) in [5.41, 5.74) is 4.10. The van der Waals surface area contributed by atoms with E-state index in [9.17, 15) is 9.59 Å². The number of halogens is 1. The predicted octanol–water partition coefficient (Wildman–Crippen LogP) is 5.20. The van der Waals surface area contributed by atoms with Gasteiger partial charge in [0.25, 0.3) is 5.91 Å². The molecule has 4 rings (SSSR count). The van der Waals surface area contributed by atoms with Crippen molar-refractivity contribution in [2.45, 2.75) is 19.4 Å². The van der Waals surface area contributed by atoms with Gasteiger partial charge in [-0.3, -0.25) is 9.59 Å². The van der Waals surface area contributed by atoms with E-state index in [2.05, 4.69) is 21.7 Å². The molecule has 0 saturated heterocycles. The van der Waals surface area contributed by atoms with Gasteiger partial charge in [0.15, 0.2) is 5.78 Å². The molecule has 0 spiro atoms. The van der Waals surface area contributed by atoms with Gasteiger partial charge in [-0.1, -0.05) is 54.1 Å². The smallest absolute Gasteiger partial charge is 0.251 e. The minimum Gasteiger partial charge on any atom is -0.360 e. The summed E-state index contributed by atoms with van der Waals surface area (Å²) in [6.45, 7) is 2.93. The summed E-state index contributed by atoms with van der Waals surface area (Å²) in [5.74, 6) is -0.221. The van der Waals surface area contributed by atoms with Crippen LogP contribution >= 0.6 is 11.6 Å². The number of nitrogens with zero attached hydrogens (tertiary/aromatic N) is 1. The Labute approximate surface area is 208 Å². The third-order valence-corrected chi connectivity index (χ3v) is 6.22. The molecule has 1 atom stereocenters. The van der Waals surface area contributed by atoms with Crippen molar-refractivity contribution in [3.8, 4) is 6.07 Å². The fourth-order valence-electron chi connectivity index (χ4n) is 4.07. The third kappa shape index (κ3) is 5.43. The molecule has 1 unspecified atom stereocenters. The van der Waals surface area contributed by atoms with Gasteiger partial charge in [0, 0.05) is 46.3 Å². The zero-order chi connectivity index (χ0) is 24.8. The number of benzene rings is 3. The Bertz CT molecular complexity index is 1410. The Morgan fingerprint density at radius 1 is 1.09 bits per heavy atom. The van der Waals surface area contributed by atoms with Crippen molar-refractivity contribution >= 4 is 34.2 Å². The van der Waals surface area contributed by atoms with Crippen molar-refractivity contribution in [1.82, 2.24) is 15.6 Å². The highest BCUT2D eigenvalue weighted by atomic mass is 35.5. The van der Waals surface area contributed by atoms with Crippen molar-refractivity contribution in [2.24, 2.45) is 0 Å². The van der Waals surface area contributed by atoms with Gasteiger partial charge in [-0.2, -0.15) is 5.26 Å². The van der Waals surface area contributed by atoms with E-state index in [1.54, 1.807) is 30.5 Å². The van der Waals surface area contributed by atoms with Crippen LogP contribution in [0.25, 0.3) is 10.9 Å². The highest BCUT2D eigenvalue weighted by Crippen LogP contribution is 2.26. The second kappa shape index (κ2) is 11.0. The maximum Gasteiger partial charge on any atom is 0.251 e. The number of carbonyl (C=O) groups excluding carboxylic acids is 2. The number of amides is 1. The van der Waals surface area contributed by atoms with Gasteiger partial charge in [0.05, 0.1) is 17.7 Å². The SMILES string of the molecule is CCNC(=O)c1ccc2c(C(=O)C(NCCc3ccc(C#N)cc3Cl)c3ccccc3)c[nH]c2c1. The first-order chi connectivity index (χ1) is 17.0. The van der Waals surface area contributed by atoms with Crippen LogP contribution in [-0.4, -0.2) is 29.8 Å². The normalized spacial score (nSPS) is 11.7. The Balaban J connectivity index is 1.57. The summed E-state index contributed by atoms with van der Waals surface area (Å²) in [6, 6.07) is 21.6. The van der Waals surface area contributed by atoms with E-state index in [4.69, 9.17) is 16.9 Å². The second-order valence-electron chi connectivity index (χ2n) is 8.15. The zero-order valence-corrected chi connectivity index (χ0v) is 20.0. The minimum atomic E-state index is -0.560. The molecular weight excluding hydrogens is 460 g/mol. The highest BCUT2D eigenvalue weighted by molar-refractivity contribution is 6.31. The minimum absolute atomic E-state index is 0.0702. The number of nitriles is 1. The summed E-state index contributed by atoms with van der Waals surface area (Å²) < 4.78 is 0.